The van der Waals surface area contributed by atoms with Crippen molar-refractivity contribution in [3.8, 4) is 11.5 Å². The van der Waals surface area contributed by atoms with E-state index in [4.69, 9.17) is 4.74 Å². The van der Waals surface area contributed by atoms with Crippen LogP contribution in [0, 0.1) is 6.92 Å². The molecule has 1 heterocycles. The molecule has 0 radical (unpaired) electrons. The Bertz CT molecular complexity index is 529. The molecule has 0 amide bonds. The largest absolute Gasteiger partial charge is 0.455 e. The predicted octanol–water partition coefficient (Wildman–Crippen LogP) is 4.84. The molecule has 0 saturated heterocycles. The molecule has 2 nitrogen and oxygen atoms in total. The summed E-state index contributed by atoms with van der Waals surface area (Å²) < 4.78 is 6.72. The second-order valence-corrected chi connectivity index (χ2v) is 5.16. The minimum absolute atomic E-state index is 0.727. The average molecular weight is 357 g/mol. The molecule has 0 atom stereocenters. The molecule has 88 valence electrons. The number of aromatic nitrogens is 1. The Morgan fingerprint density at radius 3 is 2.76 bits per heavy atom. The molecule has 0 spiro atoms. The number of hydrogen-bond acceptors (Lipinski definition) is 2. The van der Waals surface area contributed by atoms with Crippen LogP contribution in [0.5, 0.6) is 11.5 Å². The second kappa shape index (κ2) is 5.65. The molecule has 0 aliphatic carbocycles. The van der Waals surface area contributed by atoms with Gasteiger partial charge < -0.3 is 4.74 Å². The van der Waals surface area contributed by atoms with Gasteiger partial charge in [0.1, 0.15) is 11.5 Å². The molecule has 0 unspecified atom stereocenters. The number of benzene rings is 1. The van der Waals surface area contributed by atoms with E-state index in [0.29, 0.717) is 0 Å². The van der Waals surface area contributed by atoms with Crippen molar-refractivity contribution >= 4 is 31.9 Å². The molecule has 17 heavy (non-hydrogen) atoms. The van der Waals surface area contributed by atoms with E-state index in [1.54, 1.807) is 12.4 Å². The highest BCUT2D eigenvalue weighted by atomic mass is 79.9. The van der Waals surface area contributed by atoms with Gasteiger partial charge in [-0.1, -0.05) is 33.6 Å². The first-order valence-corrected chi connectivity index (χ1v) is 7.04. The molecule has 0 aliphatic heterocycles. The lowest BCUT2D eigenvalue weighted by molar-refractivity contribution is 0.475. The summed E-state index contributed by atoms with van der Waals surface area (Å²) in [5.41, 5.74) is 2.35. The molecule has 0 saturated carbocycles. The van der Waals surface area contributed by atoms with Gasteiger partial charge in [-0.15, -0.1) is 0 Å². The summed E-state index contributed by atoms with van der Waals surface area (Å²) in [5.74, 6) is 1.58. The van der Waals surface area contributed by atoms with Crippen molar-refractivity contribution in [3.05, 3.63) is 52.3 Å². The van der Waals surface area contributed by atoms with Crippen LogP contribution < -0.4 is 4.74 Å². The van der Waals surface area contributed by atoms with Crippen molar-refractivity contribution < 1.29 is 4.74 Å². The van der Waals surface area contributed by atoms with Crippen LogP contribution >= 0.6 is 31.9 Å². The SMILES string of the molecule is Cc1ccc(Oc2cncc(Br)c2)c(CBr)c1. The smallest absolute Gasteiger partial charge is 0.146 e. The van der Waals surface area contributed by atoms with Gasteiger partial charge in [0.05, 0.1) is 6.20 Å². The fourth-order valence-electron chi connectivity index (χ4n) is 1.49. The Balaban J connectivity index is 2.29. The summed E-state index contributed by atoms with van der Waals surface area (Å²) >= 11 is 6.84. The van der Waals surface area contributed by atoms with E-state index in [0.717, 1.165) is 26.9 Å². The maximum Gasteiger partial charge on any atom is 0.146 e. The maximum absolute atomic E-state index is 5.81. The zero-order valence-corrected chi connectivity index (χ0v) is 12.5. The third kappa shape index (κ3) is 3.30. The Morgan fingerprint density at radius 1 is 1.24 bits per heavy atom. The Morgan fingerprint density at radius 2 is 2.06 bits per heavy atom. The van der Waals surface area contributed by atoms with E-state index < -0.39 is 0 Å². The van der Waals surface area contributed by atoms with Crippen molar-refractivity contribution in [3.63, 3.8) is 0 Å². The molecule has 2 aromatic rings. The highest BCUT2D eigenvalue weighted by molar-refractivity contribution is 9.10. The summed E-state index contributed by atoms with van der Waals surface area (Å²) in [6.07, 6.45) is 3.43. The molecular weight excluding hydrogens is 346 g/mol. The lowest BCUT2D eigenvalue weighted by Crippen LogP contribution is -1.91. The number of rotatable bonds is 3. The topological polar surface area (TPSA) is 22.1 Å². The van der Waals surface area contributed by atoms with Gasteiger partial charge in [0.15, 0.2) is 0 Å². The van der Waals surface area contributed by atoms with Gasteiger partial charge in [-0.05, 0) is 35.0 Å². The summed E-state index contributed by atoms with van der Waals surface area (Å²) in [6, 6.07) is 8.01. The van der Waals surface area contributed by atoms with E-state index in [2.05, 4.69) is 49.8 Å². The van der Waals surface area contributed by atoms with Crippen molar-refractivity contribution in [2.75, 3.05) is 0 Å². The monoisotopic (exact) mass is 355 g/mol. The number of hydrogen-bond donors (Lipinski definition) is 0. The third-order valence-electron chi connectivity index (χ3n) is 2.27. The second-order valence-electron chi connectivity index (χ2n) is 3.69. The first kappa shape index (κ1) is 12.6. The Kier molecular flexibility index (Phi) is 4.18. The van der Waals surface area contributed by atoms with Crippen molar-refractivity contribution in [2.45, 2.75) is 12.3 Å². The number of alkyl halides is 1. The Hall–Kier alpha value is -0.870. The zero-order chi connectivity index (χ0) is 12.3. The summed E-state index contributed by atoms with van der Waals surface area (Å²) in [5, 5.41) is 0.769. The molecule has 4 heteroatoms. The average Bonchev–Trinajstić information content (AvgIpc) is 2.31. The lowest BCUT2D eigenvalue weighted by atomic mass is 10.1. The van der Waals surface area contributed by atoms with E-state index in [1.807, 2.05) is 18.2 Å². The number of ether oxygens (including phenoxy) is 1. The summed E-state index contributed by atoms with van der Waals surface area (Å²) in [6.45, 7) is 2.07. The first-order chi connectivity index (χ1) is 8.19. The Labute approximate surface area is 117 Å². The van der Waals surface area contributed by atoms with Crippen molar-refractivity contribution in [1.29, 1.82) is 0 Å². The predicted molar refractivity (Wildman–Crippen MR) is 75.8 cm³/mol. The van der Waals surface area contributed by atoms with Crippen LogP contribution in [0.25, 0.3) is 0 Å². The van der Waals surface area contributed by atoms with E-state index in [9.17, 15) is 0 Å². The lowest BCUT2D eigenvalue weighted by Gasteiger charge is -2.10. The molecule has 0 N–H and O–H groups in total. The van der Waals surface area contributed by atoms with Crippen LogP contribution in [0.1, 0.15) is 11.1 Å². The highest BCUT2D eigenvalue weighted by Crippen LogP contribution is 2.28. The first-order valence-electron chi connectivity index (χ1n) is 5.13. The fourth-order valence-corrected chi connectivity index (χ4v) is 2.27. The minimum Gasteiger partial charge on any atom is -0.455 e. The van der Waals surface area contributed by atoms with Gasteiger partial charge in [0.25, 0.3) is 0 Å². The molecule has 0 aliphatic rings. The molecule has 1 aromatic carbocycles. The minimum atomic E-state index is 0.727. The van der Waals surface area contributed by atoms with Crippen LogP contribution in [0.3, 0.4) is 0 Å². The van der Waals surface area contributed by atoms with E-state index in [-0.39, 0.29) is 0 Å². The number of nitrogens with zero attached hydrogens (tertiary/aromatic N) is 1. The quantitative estimate of drug-likeness (QED) is 0.734. The van der Waals surface area contributed by atoms with Gasteiger partial charge in [-0.2, -0.15) is 0 Å². The molecule has 1 aromatic heterocycles. The van der Waals surface area contributed by atoms with Gasteiger partial charge in [0.2, 0.25) is 0 Å². The number of pyridine rings is 1. The maximum atomic E-state index is 5.81. The van der Waals surface area contributed by atoms with Crippen LogP contribution in [-0.4, -0.2) is 4.98 Å². The van der Waals surface area contributed by atoms with Gasteiger partial charge in [0, 0.05) is 21.6 Å². The molecule has 2 rings (SSSR count). The number of aryl methyl sites for hydroxylation is 1. The van der Waals surface area contributed by atoms with Crippen LogP contribution in [0.2, 0.25) is 0 Å². The number of halogens is 2. The summed E-state index contributed by atoms with van der Waals surface area (Å²) in [7, 11) is 0. The van der Waals surface area contributed by atoms with Gasteiger partial charge in [-0.25, -0.2) is 0 Å². The third-order valence-corrected chi connectivity index (χ3v) is 3.31. The molecule has 0 bridgehead atoms. The zero-order valence-electron chi connectivity index (χ0n) is 9.28. The summed E-state index contributed by atoms with van der Waals surface area (Å²) in [4.78, 5) is 4.07. The highest BCUT2D eigenvalue weighted by Gasteiger charge is 2.05. The van der Waals surface area contributed by atoms with Gasteiger partial charge >= 0.3 is 0 Å². The van der Waals surface area contributed by atoms with E-state index in [1.165, 1.54) is 5.56 Å². The van der Waals surface area contributed by atoms with Crippen LogP contribution in [0.15, 0.2) is 41.1 Å². The van der Waals surface area contributed by atoms with Crippen molar-refractivity contribution in [1.82, 2.24) is 4.98 Å². The standard InChI is InChI=1S/C13H11Br2NO/c1-9-2-3-13(10(4-9)6-14)17-12-5-11(15)7-16-8-12/h2-5,7-8H,6H2,1H3. The normalized spacial score (nSPS) is 10.3. The fraction of sp³-hybridized carbons (Fsp3) is 0.154. The van der Waals surface area contributed by atoms with Gasteiger partial charge in [-0.3, -0.25) is 4.98 Å². The van der Waals surface area contributed by atoms with Crippen molar-refractivity contribution in [2.24, 2.45) is 0 Å². The van der Waals surface area contributed by atoms with Crippen LogP contribution in [-0.2, 0) is 5.33 Å². The van der Waals surface area contributed by atoms with E-state index >= 15 is 0 Å². The molecule has 0 fully saturated rings. The van der Waals surface area contributed by atoms with Crippen LogP contribution in [0.4, 0.5) is 0 Å². The molecular formula is C13H11Br2NO.